The lowest BCUT2D eigenvalue weighted by molar-refractivity contribution is -0.144. The normalized spacial score (nSPS) is 13.5. The fourth-order valence-corrected chi connectivity index (χ4v) is 1.69. The lowest BCUT2D eigenvalue weighted by atomic mass is 10.1. The number of nitrogens with one attached hydrogen (secondary N) is 1. The molecule has 0 unspecified atom stereocenters. The number of esters is 1. The van der Waals surface area contributed by atoms with Gasteiger partial charge in [0.25, 0.3) is 0 Å². The molecule has 1 aromatic rings. The smallest absolute Gasteiger partial charge is 0.328 e. The molecule has 1 rings (SSSR count). The van der Waals surface area contributed by atoms with Crippen LogP contribution in [0.4, 0.5) is 5.69 Å². The Morgan fingerprint density at radius 3 is 2.47 bits per heavy atom. The number of methoxy groups -OCH3 is 1. The van der Waals surface area contributed by atoms with E-state index in [2.05, 4.69) is 5.32 Å². The average Bonchev–Trinajstić information content (AvgIpc) is 2.38. The van der Waals surface area contributed by atoms with Crippen molar-refractivity contribution in [3.8, 4) is 5.75 Å². The highest BCUT2D eigenvalue weighted by atomic mass is 16.5. The third-order valence-corrected chi connectivity index (χ3v) is 2.58. The van der Waals surface area contributed by atoms with Gasteiger partial charge in [0.2, 0.25) is 0 Å². The minimum absolute atomic E-state index is 0.296. The minimum atomic E-state index is -0.583. The van der Waals surface area contributed by atoms with Crippen LogP contribution in [0.25, 0.3) is 0 Å². The molecule has 19 heavy (non-hydrogen) atoms. The molecule has 0 aromatic heterocycles. The molecule has 0 fully saturated rings. The minimum Gasteiger partial charge on any atom is -0.497 e. The molecule has 2 N–H and O–H groups in total. The first-order valence-electron chi connectivity index (χ1n) is 6.32. The van der Waals surface area contributed by atoms with Crippen LogP contribution in [0.1, 0.15) is 20.3 Å². The topological polar surface area (TPSA) is 67.8 Å². The Labute approximate surface area is 113 Å². The predicted octanol–water partition coefficient (Wildman–Crippen LogP) is 1.81. The quantitative estimate of drug-likeness (QED) is 0.737. The summed E-state index contributed by atoms with van der Waals surface area (Å²) in [6.45, 7) is 3.71. The number of benzene rings is 1. The Bertz CT molecular complexity index is 389. The first-order valence-corrected chi connectivity index (χ1v) is 6.32. The fraction of sp³-hybridized carbons (Fsp3) is 0.500. The van der Waals surface area contributed by atoms with Gasteiger partial charge >= 0.3 is 5.97 Å². The van der Waals surface area contributed by atoms with Crippen LogP contribution in [0, 0.1) is 0 Å². The van der Waals surface area contributed by atoms with Gasteiger partial charge in [-0.05, 0) is 38.1 Å². The van der Waals surface area contributed by atoms with Crippen molar-refractivity contribution >= 4 is 11.7 Å². The summed E-state index contributed by atoms with van der Waals surface area (Å²) in [5, 5.41) is 12.5. The summed E-state index contributed by atoms with van der Waals surface area (Å²) in [6.07, 6.45) is -0.287. The summed E-state index contributed by atoms with van der Waals surface area (Å²) in [5.74, 6) is 0.382. The zero-order valence-corrected chi connectivity index (χ0v) is 11.6. The molecular formula is C14H21NO4. The van der Waals surface area contributed by atoms with Gasteiger partial charge in [0.15, 0.2) is 0 Å². The van der Waals surface area contributed by atoms with Crippen molar-refractivity contribution in [3.05, 3.63) is 24.3 Å². The number of hydrogen-bond acceptors (Lipinski definition) is 5. The van der Waals surface area contributed by atoms with Gasteiger partial charge in [-0.15, -0.1) is 0 Å². The van der Waals surface area contributed by atoms with Crippen molar-refractivity contribution in [1.29, 1.82) is 0 Å². The molecule has 0 aliphatic rings. The number of aliphatic hydroxyl groups is 1. The fourth-order valence-electron chi connectivity index (χ4n) is 1.69. The molecule has 0 aliphatic carbocycles. The van der Waals surface area contributed by atoms with Gasteiger partial charge in [0.1, 0.15) is 11.8 Å². The molecule has 0 amide bonds. The van der Waals surface area contributed by atoms with E-state index in [-0.39, 0.29) is 5.97 Å². The summed E-state index contributed by atoms with van der Waals surface area (Å²) >= 11 is 0. The van der Waals surface area contributed by atoms with Crippen LogP contribution in [0.2, 0.25) is 0 Å². The highest BCUT2D eigenvalue weighted by Crippen LogP contribution is 2.17. The van der Waals surface area contributed by atoms with E-state index in [1.807, 2.05) is 12.1 Å². The van der Waals surface area contributed by atoms with Gasteiger partial charge in [-0.1, -0.05) is 0 Å². The maximum Gasteiger partial charge on any atom is 0.328 e. The van der Waals surface area contributed by atoms with Crippen LogP contribution in [0.5, 0.6) is 5.75 Å². The molecule has 1 aromatic carbocycles. The van der Waals surface area contributed by atoms with E-state index in [1.54, 1.807) is 33.1 Å². The summed E-state index contributed by atoms with van der Waals surface area (Å²) in [6, 6.07) is 6.66. The van der Waals surface area contributed by atoms with Crippen LogP contribution < -0.4 is 10.1 Å². The number of hydrogen-bond donors (Lipinski definition) is 2. The highest BCUT2D eigenvalue weighted by molar-refractivity contribution is 5.79. The molecular weight excluding hydrogens is 246 g/mol. The van der Waals surface area contributed by atoms with E-state index < -0.39 is 12.1 Å². The maximum absolute atomic E-state index is 11.8. The Morgan fingerprint density at radius 1 is 1.37 bits per heavy atom. The van der Waals surface area contributed by atoms with Crippen LogP contribution >= 0.6 is 0 Å². The average molecular weight is 267 g/mol. The van der Waals surface area contributed by atoms with Crippen molar-refractivity contribution in [2.45, 2.75) is 32.4 Å². The number of carbonyl (C=O) groups is 1. The second-order valence-corrected chi connectivity index (χ2v) is 4.26. The number of anilines is 1. The molecule has 0 radical (unpaired) electrons. The summed E-state index contributed by atoms with van der Waals surface area (Å²) in [4.78, 5) is 11.8. The Balaban J connectivity index is 2.72. The van der Waals surface area contributed by atoms with Crippen molar-refractivity contribution in [2.75, 3.05) is 19.0 Å². The summed E-state index contributed by atoms with van der Waals surface area (Å²) < 4.78 is 10.1. The molecule has 106 valence electrons. The van der Waals surface area contributed by atoms with Gasteiger partial charge < -0.3 is 19.9 Å². The van der Waals surface area contributed by atoms with Crippen molar-refractivity contribution in [2.24, 2.45) is 0 Å². The number of aliphatic hydroxyl groups excluding tert-OH is 1. The molecule has 5 nitrogen and oxygen atoms in total. The molecule has 0 bridgehead atoms. The summed E-state index contributed by atoms with van der Waals surface area (Å²) in [7, 11) is 1.59. The second-order valence-electron chi connectivity index (χ2n) is 4.26. The SMILES string of the molecule is CCOC(=O)[C@H](C[C@H](C)O)Nc1ccc(OC)cc1. The highest BCUT2D eigenvalue weighted by Gasteiger charge is 2.21. The van der Waals surface area contributed by atoms with Gasteiger partial charge in [-0.3, -0.25) is 0 Å². The summed E-state index contributed by atoms with van der Waals surface area (Å²) in [5.41, 5.74) is 0.777. The van der Waals surface area contributed by atoms with E-state index in [9.17, 15) is 9.90 Å². The lowest BCUT2D eigenvalue weighted by Gasteiger charge is -2.19. The van der Waals surface area contributed by atoms with Crippen LogP contribution in [-0.4, -0.2) is 36.9 Å². The molecule has 0 heterocycles. The number of rotatable bonds is 7. The Morgan fingerprint density at radius 2 is 2.00 bits per heavy atom. The van der Waals surface area contributed by atoms with Crippen molar-refractivity contribution in [3.63, 3.8) is 0 Å². The molecule has 0 saturated carbocycles. The second kappa shape index (κ2) is 7.63. The van der Waals surface area contributed by atoms with E-state index in [4.69, 9.17) is 9.47 Å². The zero-order valence-electron chi connectivity index (χ0n) is 11.6. The third-order valence-electron chi connectivity index (χ3n) is 2.58. The van der Waals surface area contributed by atoms with E-state index in [1.165, 1.54) is 0 Å². The van der Waals surface area contributed by atoms with Gasteiger partial charge in [-0.25, -0.2) is 4.79 Å². The zero-order chi connectivity index (χ0) is 14.3. The standard InChI is InChI=1S/C14H21NO4/c1-4-19-14(17)13(9-10(2)16)15-11-5-7-12(18-3)8-6-11/h5-8,10,13,15-16H,4,9H2,1-3H3/t10-,13-/m0/s1. The number of carbonyl (C=O) groups excluding carboxylic acids is 1. The van der Waals surface area contributed by atoms with E-state index in [0.29, 0.717) is 13.0 Å². The molecule has 5 heteroatoms. The van der Waals surface area contributed by atoms with Crippen molar-refractivity contribution in [1.82, 2.24) is 0 Å². The van der Waals surface area contributed by atoms with Gasteiger partial charge in [-0.2, -0.15) is 0 Å². The molecule has 0 aliphatic heterocycles. The largest absolute Gasteiger partial charge is 0.497 e. The molecule has 2 atom stereocenters. The first kappa shape index (κ1) is 15.3. The Kier molecular flexibility index (Phi) is 6.15. The lowest BCUT2D eigenvalue weighted by Crippen LogP contribution is -2.34. The van der Waals surface area contributed by atoms with Crippen molar-refractivity contribution < 1.29 is 19.4 Å². The van der Waals surface area contributed by atoms with Crippen LogP contribution in [0.15, 0.2) is 24.3 Å². The number of ether oxygens (including phenoxy) is 2. The van der Waals surface area contributed by atoms with Gasteiger partial charge in [0, 0.05) is 12.1 Å². The monoisotopic (exact) mass is 267 g/mol. The third kappa shape index (κ3) is 5.18. The van der Waals surface area contributed by atoms with Crippen LogP contribution in [0.3, 0.4) is 0 Å². The van der Waals surface area contributed by atoms with Gasteiger partial charge in [0.05, 0.1) is 19.8 Å². The maximum atomic E-state index is 11.8. The predicted molar refractivity (Wildman–Crippen MR) is 73.3 cm³/mol. The Hall–Kier alpha value is -1.75. The van der Waals surface area contributed by atoms with E-state index >= 15 is 0 Å². The van der Waals surface area contributed by atoms with E-state index in [0.717, 1.165) is 11.4 Å². The van der Waals surface area contributed by atoms with Crippen LogP contribution in [-0.2, 0) is 9.53 Å². The molecule has 0 spiro atoms. The first-order chi connectivity index (χ1) is 9.06. The molecule has 0 saturated heterocycles.